The maximum absolute atomic E-state index is 13.1. The minimum Gasteiger partial charge on any atom is -0.258 e. The van der Waals surface area contributed by atoms with Gasteiger partial charge in [0, 0.05) is 30.3 Å². The number of aromatic nitrogens is 1. The molecule has 1 heterocycles. The van der Waals surface area contributed by atoms with Crippen LogP contribution in [0.3, 0.4) is 0 Å². The first-order valence-electron chi connectivity index (χ1n) is 10.2. The Morgan fingerprint density at radius 2 is 1.53 bits per heavy atom. The number of sulfonamides is 1. The first-order chi connectivity index (χ1) is 16.1. The minimum absolute atomic E-state index is 0.0657. The molecule has 1 N–H and O–H groups in total. The number of hydrogen-bond acceptors (Lipinski definition) is 6. The molecule has 0 spiro atoms. The third-order valence-corrected chi connectivity index (χ3v) is 8.54. The molecule has 9 nitrogen and oxygen atoms in total. The smallest absolute Gasteiger partial charge is 0.258 e. The number of benzene rings is 3. The molecule has 0 atom stereocenters. The second-order valence-electron chi connectivity index (χ2n) is 7.72. The van der Waals surface area contributed by atoms with Crippen molar-refractivity contribution in [1.29, 1.82) is 0 Å². The third-order valence-electron chi connectivity index (χ3n) is 5.36. The van der Waals surface area contributed by atoms with Gasteiger partial charge in [0.15, 0.2) is 0 Å². The minimum atomic E-state index is -3.85. The van der Waals surface area contributed by atoms with Crippen molar-refractivity contribution in [1.82, 2.24) is 8.69 Å². The lowest BCUT2D eigenvalue weighted by Gasteiger charge is -2.10. The number of nitro benzene ring substituents is 1. The van der Waals surface area contributed by atoms with Crippen molar-refractivity contribution >= 4 is 36.6 Å². The Labute approximate surface area is 196 Å². The molecule has 0 aliphatic rings. The van der Waals surface area contributed by atoms with Crippen LogP contribution in [0, 0.1) is 17.0 Å². The van der Waals surface area contributed by atoms with Crippen molar-refractivity contribution in [2.24, 2.45) is 0 Å². The largest absolute Gasteiger partial charge is 0.269 e. The Morgan fingerprint density at radius 3 is 2.18 bits per heavy atom. The van der Waals surface area contributed by atoms with Crippen LogP contribution in [0.25, 0.3) is 10.9 Å². The van der Waals surface area contributed by atoms with Crippen LogP contribution >= 0.6 is 0 Å². The van der Waals surface area contributed by atoms with Crippen LogP contribution in [0.15, 0.2) is 88.8 Å². The molecule has 0 bridgehead atoms. The highest BCUT2D eigenvalue weighted by molar-refractivity contribution is 7.90. The van der Waals surface area contributed by atoms with Crippen LogP contribution in [-0.4, -0.2) is 32.3 Å². The molecule has 0 saturated heterocycles. The topological polar surface area (TPSA) is 128 Å². The summed E-state index contributed by atoms with van der Waals surface area (Å²) in [7, 11) is -7.64. The Morgan fingerprint density at radius 1 is 0.882 bits per heavy atom. The fourth-order valence-electron chi connectivity index (χ4n) is 3.50. The second-order valence-corrected chi connectivity index (χ2v) is 11.3. The summed E-state index contributed by atoms with van der Waals surface area (Å²) >= 11 is 0. The van der Waals surface area contributed by atoms with Crippen molar-refractivity contribution in [3.05, 3.63) is 100 Å². The van der Waals surface area contributed by atoms with Crippen molar-refractivity contribution in [3.8, 4) is 0 Å². The number of non-ortho nitro benzene ring substituents is 1. The lowest BCUT2D eigenvalue weighted by molar-refractivity contribution is -0.384. The van der Waals surface area contributed by atoms with Gasteiger partial charge in [-0.25, -0.2) is 25.5 Å². The molecule has 34 heavy (non-hydrogen) atoms. The van der Waals surface area contributed by atoms with E-state index in [0.717, 1.165) is 28.6 Å². The summed E-state index contributed by atoms with van der Waals surface area (Å²) in [6.07, 6.45) is 1.82. The van der Waals surface area contributed by atoms with Crippen molar-refractivity contribution in [2.75, 3.05) is 6.54 Å². The highest BCUT2D eigenvalue weighted by Gasteiger charge is 2.19. The summed E-state index contributed by atoms with van der Waals surface area (Å²) in [4.78, 5) is 10.2. The molecule has 0 radical (unpaired) electrons. The summed E-state index contributed by atoms with van der Waals surface area (Å²) in [6, 6.07) is 18.2. The summed E-state index contributed by atoms with van der Waals surface area (Å²) in [5.74, 6) is 0. The molecule has 0 saturated carbocycles. The van der Waals surface area contributed by atoms with E-state index in [1.165, 1.54) is 22.3 Å². The summed E-state index contributed by atoms with van der Waals surface area (Å²) in [5, 5.41) is 11.5. The molecular weight excluding hydrogens is 478 g/mol. The molecule has 0 unspecified atom stereocenters. The van der Waals surface area contributed by atoms with Gasteiger partial charge in [-0.1, -0.05) is 29.8 Å². The summed E-state index contributed by atoms with van der Waals surface area (Å²) in [5.41, 5.74) is 2.00. The Kier molecular flexibility index (Phi) is 6.26. The van der Waals surface area contributed by atoms with Crippen molar-refractivity contribution in [2.45, 2.75) is 23.1 Å². The van der Waals surface area contributed by atoms with E-state index >= 15 is 0 Å². The predicted molar refractivity (Wildman–Crippen MR) is 128 cm³/mol. The number of fused-ring (bicyclic) bond motifs is 1. The second kappa shape index (κ2) is 9.01. The number of hydrogen-bond donors (Lipinski definition) is 1. The maximum Gasteiger partial charge on any atom is 0.269 e. The third kappa shape index (κ3) is 4.72. The molecule has 0 fully saturated rings. The normalized spacial score (nSPS) is 12.1. The van der Waals surface area contributed by atoms with E-state index in [2.05, 4.69) is 4.72 Å². The van der Waals surface area contributed by atoms with Gasteiger partial charge in [0.25, 0.3) is 15.7 Å². The van der Waals surface area contributed by atoms with Gasteiger partial charge in [0.1, 0.15) is 0 Å². The lowest BCUT2D eigenvalue weighted by atomic mass is 10.1. The molecule has 0 aliphatic heterocycles. The zero-order valence-corrected chi connectivity index (χ0v) is 19.7. The Balaban J connectivity index is 1.52. The molecular formula is C23H21N3O6S2. The lowest BCUT2D eigenvalue weighted by Crippen LogP contribution is -2.26. The average molecular weight is 500 g/mol. The predicted octanol–water partition coefficient (Wildman–Crippen LogP) is 3.62. The molecule has 4 aromatic rings. The average Bonchev–Trinajstić information content (AvgIpc) is 3.23. The zero-order valence-electron chi connectivity index (χ0n) is 18.1. The molecule has 11 heteroatoms. The fraction of sp³-hybridized carbons (Fsp3) is 0.130. The fourth-order valence-corrected chi connectivity index (χ4v) is 5.88. The molecule has 3 aromatic carbocycles. The molecule has 0 amide bonds. The van der Waals surface area contributed by atoms with E-state index < -0.39 is 25.0 Å². The van der Waals surface area contributed by atoms with Gasteiger partial charge >= 0.3 is 0 Å². The molecule has 176 valence electrons. The standard InChI is InChI=1S/C23H21N3O6S2/c1-17-2-8-22(9-3-17)34(31,32)25-15-13-19-5-4-18(16-23(19)25)12-14-24-33(29,30)21-10-6-20(7-11-21)26(27)28/h2-11,13,15-16,24H,12,14H2,1H3. The van der Waals surface area contributed by atoms with Crippen LogP contribution in [0.2, 0.25) is 0 Å². The zero-order chi connectivity index (χ0) is 24.5. The number of rotatable bonds is 8. The van der Waals surface area contributed by atoms with E-state index in [0.29, 0.717) is 11.9 Å². The van der Waals surface area contributed by atoms with Gasteiger partial charge in [0.2, 0.25) is 10.0 Å². The number of nitrogens with zero attached hydrogens (tertiary/aromatic N) is 2. The van der Waals surface area contributed by atoms with E-state index in [1.807, 2.05) is 13.0 Å². The van der Waals surface area contributed by atoms with E-state index in [9.17, 15) is 26.9 Å². The van der Waals surface area contributed by atoms with Gasteiger partial charge in [-0.2, -0.15) is 0 Å². The van der Waals surface area contributed by atoms with Crippen LogP contribution in [-0.2, 0) is 26.5 Å². The van der Waals surface area contributed by atoms with E-state index in [-0.39, 0.29) is 22.0 Å². The van der Waals surface area contributed by atoms with Gasteiger partial charge in [-0.05, 0) is 55.3 Å². The van der Waals surface area contributed by atoms with E-state index in [4.69, 9.17) is 0 Å². The maximum atomic E-state index is 13.1. The Hall–Kier alpha value is -3.54. The molecule has 4 rings (SSSR count). The Bertz CT molecular complexity index is 1570. The first-order valence-corrected chi connectivity index (χ1v) is 13.2. The highest BCUT2D eigenvalue weighted by Crippen LogP contribution is 2.24. The SMILES string of the molecule is Cc1ccc(S(=O)(=O)n2ccc3ccc(CCNS(=O)(=O)c4ccc([N+](=O)[O-])cc4)cc32)cc1. The van der Waals surface area contributed by atoms with E-state index in [1.54, 1.807) is 42.5 Å². The number of nitrogens with one attached hydrogen (secondary N) is 1. The highest BCUT2D eigenvalue weighted by atomic mass is 32.2. The van der Waals surface area contributed by atoms with Gasteiger partial charge in [-0.15, -0.1) is 0 Å². The van der Waals surface area contributed by atoms with Crippen molar-refractivity contribution < 1.29 is 21.8 Å². The summed E-state index contributed by atoms with van der Waals surface area (Å²) in [6.45, 7) is 1.94. The van der Waals surface area contributed by atoms with Crippen LogP contribution in [0.4, 0.5) is 5.69 Å². The van der Waals surface area contributed by atoms with Crippen LogP contribution in [0.1, 0.15) is 11.1 Å². The van der Waals surface area contributed by atoms with Crippen LogP contribution in [0.5, 0.6) is 0 Å². The number of aryl methyl sites for hydroxylation is 1. The number of nitro groups is 1. The molecule has 1 aromatic heterocycles. The monoisotopic (exact) mass is 499 g/mol. The van der Waals surface area contributed by atoms with Crippen molar-refractivity contribution in [3.63, 3.8) is 0 Å². The van der Waals surface area contributed by atoms with Gasteiger partial charge < -0.3 is 0 Å². The van der Waals surface area contributed by atoms with Gasteiger partial charge in [-0.3, -0.25) is 10.1 Å². The summed E-state index contributed by atoms with van der Waals surface area (Å²) < 4.78 is 54.9. The van der Waals surface area contributed by atoms with Gasteiger partial charge in [0.05, 0.1) is 20.2 Å². The first kappa shape index (κ1) is 23.6. The molecule has 0 aliphatic carbocycles. The quantitative estimate of drug-likeness (QED) is 0.291. The van der Waals surface area contributed by atoms with Crippen LogP contribution < -0.4 is 4.72 Å².